The van der Waals surface area contributed by atoms with Crippen LogP contribution in [0.4, 0.5) is 0 Å². The van der Waals surface area contributed by atoms with E-state index in [-0.39, 0.29) is 6.10 Å². The molecule has 0 aliphatic rings. The maximum atomic E-state index is 10.5. The highest BCUT2D eigenvalue weighted by Gasteiger charge is 2.20. The Morgan fingerprint density at radius 1 is 0.810 bits per heavy atom. The quantitative estimate of drug-likeness (QED) is 0.221. The summed E-state index contributed by atoms with van der Waals surface area (Å²) in [6, 6.07) is 26.3. The average Bonchev–Trinajstić information content (AvgIpc) is 3.04. The van der Waals surface area contributed by atoms with E-state index in [0.29, 0.717) is 5.02 Å². The molecule has 3 aromatic carbocycles. The van der Waals surface area contributed by atoms with Gasteiger partial charge in [-0.15, -0.1) is 0 Å². The van der Waals surface area contributed by atoms with E-state index >= 15 is 0 Å². The lowest BCUT2D eigenvalue weighted by molar-refractivity contribution is 0.0760. The van der Waals surface area contributed by atoms with Gasteiger partial charge in [0.15, 0.2) is 0 Å². The molecule has 0 amide bonds. The lowest BCUT2D eigenvalue weighted by atomic mass is 9.90. The number of pyridine rings is 1. The van der Waals surface area contributed by atoms with Gasteiger partial charge in [0.25, 0.3) is 0 Å². The number of aliphatic hydroxyl groups is 1. The lowest BCUT2D eigenvalue weighted by Gasteiger charge is -2.23. The molecule has 4 heteroatoms. The molecule has 1 unspecified atom stereocenters. The zero-order valence-corrected chi connectivity index (χ0v) is 28.6. The van der Waals surface area contributed by atoms with E-state index in [1.54, 1.807) is 7.11 Å². The van der Waals surface area contributed by atoms with E-state index in [9.17, 15) is 5.11 Å². The van der Waals surface area contributed by atoms with Gasteiger partial charge < -0.3 is 9.84 Å². The van der Waals surface area contributed by atoms with Crippen LogP contribution in [0, 0.1) is 0 Å². The largest absolute Gasteiger partial charge is 0.386 e. The van der Waals surface area contributed by atoms with Crippen molar-refractivity contribution in [1.82, 2.24) is 4.98 Å². The third-order valence-electron chi connectivity index (χ3n) is 6.04. The van der Waals surface area contributed by atoms with Gasteiger partial charge in [0.05, 0.1) is 22.9 Å². The topological polar surface area (TPSA) is 42.4 Å². The smallest absolute Gasteiger partial charge is 0.0843 e. The molecule has 1 heterocycles. The summed E-state index contributed by atoms with van der Waals surface area (Å²) in [5, 5.41) is 12.3. The molecule has 0 saturated carbocycles. The molecule has 3 nitrogen and oxygen atoms in total. The monoisotopic (exact) mass is 591 g/mol. The Bertz CT molecular complexity index is 1310. The maximum absolute atomic E-state index is 10.5. The number of benzene rings is 3. The van der Waals surface area contributed by atoms with Crippen molar-refractivity contribution in [2.24, 2.45) is 0 Å². The van der Waals surface area contributed by atoms with E-state index in [1.807, 2.05) is 118 Å². The fraction of sp³-hybridized carbons (Fsp3) is 0.395. The van der Waals surface area contributed by atoms with Crippen LogP contribution in [0.15, 0.2) is 78.9 Å². The zero-order valence-electron chi connectivity index (χ0n) is 27.8. The molecule has 4 rings (SSSR count). The van der Waals surface area contributed by atoms with Crippen LogP contribution in [0.3, 0.4) is 0 Å². The SMILES string of the molecule is CC.CC.CC.CC.COC(CCc1ccccc1C(C)(C)O)c1cccc(/C=C/c2ccc3ccc(Cl)cc3n2)c1. The van der Waals surface area contributed by atoms with Crippen LogP contribution in [0.25, 0.3) is 23.1 Å². The average molecular weight is 592 g/mol. The molecule has 1 atom stereocenters. The van der Waals surface area contributed by atoms with Crippen molar-refractivity contribution >= 4 is 34.7 Å². The molecule has 230 valence electrons. The number of methoxy groups -OCH3 is 1. The summed E-state index contributed by atoms with van der Waals surface area (Å²) in [6.45, 7) is 19.7. The number of hydrogen-bond acceptors (Lipinski definition) is 3. The van der Waals surface area contributed by atoms with E-state index in [2.05, 4.69) is 42.5 Å². The Balaban J connectivity index is 0.00000194. The van der Waals surface area contributed by atoms with Crippen molar-refractivity contribution in [2.75, 3.05) is 7.11 Å². The Morgan fingerprint density at radius 3 is 2.10 bits per heavy atom. The zero-order chi connectivity index (χ0) is 32.1. The molecule has 0 fully saturated rings. The fourth-order valence-electron chi connectivity index (χ4n) is 4.29. The van der Waals surface area contributed by atoms with Crippen LogP contribution < -0.4 is 0 Å². The highest BCUT2D eigenvalue weighted by Crippen LogP contribution is 2.29. The van der Waals surface area contributed by atoms with Gasteiger partial charge in [-0.2, -0.15) is 0 Å². The summed E-state index contributed by atoms with van der Waals surface area (Å²) >= 11 is 6.12. The van der Waals surface area contributed by atoms with Gasteiger partial charge in [-0.05, 0) is 79.3 Å². The molecular formula is C38H54ClNO2. The van der Waals surface area contributed by atoms with Gasteiger partial charge in [-0.1, -0.05) is 128 Å². The van der Waals surface area contributed by atoms with Gasteiger partial charge in [-0.3, -0.25) is 0 Å². The first-order valence-corrected chi connectivity index (χ1v) is 15.9. The van der Waals surface area contributed by atoms with Gasteiger partial charge in [0, 0.05) is 17.5 Å². The Morgan fingerprint density at radius 2 is 1.45 bits per heavy atom. The Kier molecular flexibility index (Phi) is 20.1. The summed E-state index contributed by atoms with van der Waals surface area (Å²) in [7, 11) is 1.75. The molecule has 0 aliphatic heterocycles. The standard InChI is InChI=1S/C30H30ClNO2.4C2H6/c1-30(2,33)27-10-5-4-8-22(27)14-18-29(34-3)24-9-6-7-21(19-24)11-16-26-17-13-23-12-15-25(31)20-28(23)32-26;4*1-2/h4-13,15-17,19-20,29,33H,14,18H2,1-3H3;4*1-2H3/b16-11+;;;;. The molecule has 42 heavy (non-hydrogen) atoms. The summed E-state index contributed by atoms with van der Waals surface area (Å²) < 4.78 is 5.85. The molecule has 0 radical (unpaired) electrons. The second-order valence-corrected chi connectivity index (χ2v) is 9.49. The number of ether oxygens (including phenoxy) is 1. The summed E-state index contributed by atoms with van der Waals surface area (Å²) in [6.07, 6.45) is 5.69. The predicted octanol–water partition coefficient (Wildman–Crippen LogP) is 11.7. The van der Waals surface area contributed by atoms with E-state index < -0.39 is 5.60 Å². The number of fused-ring (bicyclic) bond motifs is 1. The minimum Gasteiger partial charge on any atom is -0.386 e. The van der Waals surface area contributed by atoms with Gasteiger partial charge in [0.2, 0.25) is 0 Å². The third-order valence-corrected chi connectivity index (χ3v) is 6.28. The first-order valence-electron chi connectivity index (χ1n) is 15.5. The number of hydrogen-bond donors (Lipinski definition) is 1. The second kappa shape index (κ2) is 21.7. The van der Waals surface area contributed by atoms with E-state index in [0.717, 1.165) is 51.7 Å². The van der Waals surface area contributed by atoms with Crippen molar-refractivity contribution in [2.45, 2.75) is 93.8 Å². The van der Waals surface area contributed by atoms with Gasteiger partial charge in [-0.25, -0.2) is 4.98 Å². The van der Waals surface area contributed by atoms with E-state index in [1.165, 1.54) is 0 Å². The maximum Gasteiger partial charge on any atom is 0.0843 e. The highest BCUT2D eigenvalue weighted by atomic mass is 35.5. The van der Waals surface area contributed by atoms with Crippen LogP contribution in [0.1, 0.15) is 110 Å². The lowest BCUT2D eigenvalue weighted by Crippen LogP contribution is -2.18. The molecule has 0 aliphatic carbocycles. The van der Waals surface area contributed by atoms with Crippen LogP contribution in [-0.2, 0) is 16.8 Å². The number of halogens is 1. The molecule has 0 spiro atoms. The Hall–Kier alpha value is -2.98. The minimum absolute atomic E-state index is 0.0378. The van der Waals surface area contributed by atoms with Crippen LogP contribution in [0.2, 0.25) is 5.02 Å². The second-order valence-electron chi connectivity index (χ2n) is 9.06. The Labute approximate surface area is 261 Å². The van der Waals surface area contributed by atoms with Crippen LogP contribution >= 0.6 is 11.6 Å². The molecule has 0 bridgehead atoms. The van der Waals surface area contributed by atoms with Crippen LogP contribution in [-0.4, -0.2) is 17.2 Å². The minimum atomic E-state index is -0.869. The summed E-state index contributed by atoms with van der Waals surface area (Å²) in [4.78, 5) is 4.70. The summed E-state index contributed by atoms with van der Waals surface area (Å²) in [5.41, 5.74) is 5.22. The number of aryl methyl sites for hydroxylation is 1. The number of aromatic nitrogens is 1. The summed E-state index contributed by atoms with van der Waals surface area (Å²) in [5.74, 6) is 0. The van der Waals surface area contributed by atoms with Gasteiger partial charge >= 0.3 is 0 Å². The molecule has 0 saturated heterocycles. The molecule has 1 N–H and O–H groups in total. The van der Waals surface area contributed by atoms with Crippen molar-refractivity contribution in [3.8, 4) is 0 Å². The van der Waals surface area contributed by atoms with Crippen molar-refractivity contribution in [3.63, 3.8) is 0 Å². The molecular weight excluding hydrogens is 538 g/mol. The number of rotatable bonds is 8. The first-order chi connectivity index (χ1) is 20.3. The van der Waals surface area contributed by atoms with Crippen LogP contribution in [0.5, 0.6) is 0 Å². The fourth-order valence-corrected chi connectivity index (χ4v) is 4.45. The van der Waals surface area contributed by atoms with E-state index in [4.69, 9.17) is 21.3 Å². The van der Waals surface area contributed by atoms with Crippen molar-refractivity contribution in [3.05, 3.63) is 112 Å². The molecule has 4 aromatic rings. The third kappa shape index (κ3) is 12.5. The van der Waals surface area contributed by atoms with Crippen molar-refractivity contribution in [1.29, 1.82) is 0 Å². The van der Waals surface area contributed by atoms with Gasteiger partial charge in [0.1, 0.15) is 0 Å². The predicted molar refractivity (Wildman–Crippen MR) is 187 cm³/mol. The molecule has 1 aromatic heterocycles. The van der Waals surface area contributed by atoms with Crippen molar-refractivity contribution < 1.29 is 9.84 Å². The highest BCUT2D eigenvalue weighted by molar-refractivity contribution is 6.31. The normalized spacial score (nSPS) is 11.1. The first kappa shape index (κ1) is 39.0. The number of nitrogens with zero attached hydrogens (tertiary/aromatic N) is 1.